The molecule has 8 aromatic rings. The highest BCUT2D eigenvalue weighted by molar-refractivity contribution is 6.18. The van der Waals surface area contributed by atoms with Crippen molar-refractivity contribution in [1.29, 1.82) is 0 Å². The van der Waals surface area contributed by atoms with Crippen molar-refractivity contribution in [3.8, 4) is 55.6 Å². The maximum Gasteiger partial charge on any atom is 0.0467 e. The number of hydrogen-bond acceptors (Lipinski definition) is 1. The zero-order chi connectivity index (χ0) is 33.4. The van der Waals surface area contributed by atoms with E-state index < -0.39 is 0 Å². The molecule has 0 bridgehead atoms. The second-order valence-electron chi connectivity index (χ2n) is 14.1. The van der Waals surface area contributed by atoms with E-state index in [-0.39, 0.29) is 5.41 Å². The first kappa shape index (κ1) is 28.8. The molecule has 2 aliphatic rings. The number of benzene rings is 8. The van der Waals surface area contributed by atoms with Gasteiger partial charge in [0.05, 0.1) is 0 Å². The first-order chi connectivity index (χ1) is 24.6. The maximum atomic E-state index is 2.42. The molecule has 0 aliphatic heterocycles. The van der Waals surface area contributed by atoms with E-state index >= 15 is 0 Å². The van der Waals surface area contributed by atoms with Gasteiger partial charge in [0, 0.05) is 22.5 Å². The van der Waals surface area contributed by atoms with Gasteiger partial charge in [-0.1, -0.05) is 153 Å². The quantitative estimate of drug-likeness (QED) is 0.181. The van der Waals surface area contributed by atoms with Crippen molar-refractivity contribution in [2.24, 2.45) is 0 Å². The zero-order valence-electron chi connectivity index (χ0n) is 28.2. The van der Waals surface area contributed by atoms with Crippen LogP contribution in [0.5, 0.6) is 0 Å². The third-order valence-electron chi connectivity index (χ3n) is 11.0. The van der Waals surface area contributed by atoms with E-state index in [1.165, 1.54) is 77.5 Å². The van der Waals surface area contributed by atoms with Gasteiger partial charge in [0.1, 0.15) is 0 Å². The molecule has 0 radical (unpaired) electrons. The zero-order valence-corrected chi connectivity index (χ0v) is 28.2. The fraction of sp³-hybridized carbons (Fsp3) is 0.0612. The Labute approximate surface area is 293 Å². The van der Waals surface area contributed by atoms with Crippen LogP contribution < -0.4 is 4.90 Å². The first-order valence-electron chi connectivity index (χ1n) is 17.5. The summed E-state index contributed by atoms with van der Waals surface area (Å²) in [6.45, 7) is 4.71. The van der Waals surface area contributed by atoms with Crippen LogP contribution in [0.3, 0.4) is 0 Å². The van der Waals surface area contributed by atoms with E-state index in [1.807, 2.05) is 0 Å². The van der Waals surface area contributed by atoms with Gasteiger partial charge in [-0.3, -0.25) is 0 Å². The molecule has 0 N–H and O–H groups in total. The molecule has 10 rings (SSSR count). The molecule has 8 aromatic carbocycles. The molecular weight excluding hydrogens is 603 g/mol. The number of hydrogen-bond donors (Lipinski definition) is 0. The van der Waals surface area contributed by atoms with Crippen LogP contribution in [-0.4, -0.2) is 0 Å². The fourth-order valence-electron chi connectivity index (χ4n) is 8.58. The molecule has 236 valence electrons. The van der Waals surface area contributed by atoms with Gasteiger partial charge in [0.25, 0.3) is 0 Å². The Morgan fingerprint density at radius 1 is 0.340 bits per heavy atom. The van der Waals surface area contributed by atoms with Crippen molar-refractivity contribution in [3.63, 3.8) is 0 Å². The Morgan fingerprint density at radius 3 is 1.68 bits per heavy atom. The lowest BCUT2D eigenvalue weighted by Crippen LogP contribution is -2.16. The highest BCUT2D eigenvalue weighted by Crippen LogP contribution is 2.52. The largest absolute Gasteiger partial charge is 0.310 e. The summed E-state index contributed by atoms with van der Waals surface area (Å²) >= 11 is 0. The van der Waals surface area contributed by atoms with E-state index in [9.17, 15) is 0 Å². The number of fused-ring (bicyclic) bond motifs is 6. The van der Waals surface area contributed by atoms with Crippen molar-refractivity contribution in [3.05, 3.63) is 187 Å². The minimum atomic E-state index is -0.0885. The molecular formula is C49H35N. The number of anilines is 3. The summed E-state index contributed by atoms with van der Waals surface area (Å²) in [5, 5.41) is 2.65. The predicted molar refractivity (Wildman–Crippen MR) is 211 cm³/mol. The fourth-order valence-corrected chi connectivity index (χ4v) is 8.58. The highest BCUT2D eigenvalue weighted by atomic mass is 15.1. The second kappa shape index (κ2) is 10.9. The Bertz CT molecular complexity index is 2580. The molecule has 0 saturated heterocycles. The molecule has 0 spiro atoms. The Hall–Kier alpha value is -6.18. The minimum absolute atomic E-state index is 0.0885. The monoisotopic (exact) mass is 637 g/mol. The van der Waals surface area contributed by atoms with Gasteiger partial charge in [-0.05, 0) is 114 Å². The number of rotatable bonds is 5. The summed E-state index contributed by atoms with van der Waals surface area (Å²) in [5.74, 6) is 0. The summed E-state index contributed by atoms with van der Waals surface area (Å²) in [6.07, 6.45) is 0. The van der Waals surface area contributed by atoms with Crippen molar-refractivity contribution < 1.29 is 0 Å². The molecule has 1 heteroatoms. The van der Waals surface area contributed by atoms with Crippen LogP contribution >= 0.6 is 0 Å². The summed E-state index contributed by atoms with van der Waals surface area (Å²) in [5.41, 5.74) is 19.0. The van der Waals surface area contributed by atoms with Gasteiger partial charge in [-0.15, -0.1) is 0 Å². The van der Waals surface area contributed by atoms with Crippen LogP contribution in [0, 0.1) is 0 Å². The van der Waals surface area contributed by atoms with Crippen LogP contribution in [0.1, 0.15) is 25.0 Å². The normalized spacial score (nSPS) is 13.2. The topological polar surface area (TPSA) is 3.24 Å². The minimum Gasteiger partial charge on any atom is -0.310 e. The Morgan fingerprint density at radius 2 is 0.880 bits per heavy atom. The van der Waals surface area contributed by atoms with E-state index in [1.54, 1.807) is 0 Å². The molecule has 0 heterocycles. The first-order valence-corrected chi connectivity index (χ1v) is 17.5. The molecule has 0 fully saturated rings. The Kier molecular flexibility index (Phi) is 6.29. The average Bonchev–Trinajstić information content (AvgIpc) is 3.62. The van der Waals surface area contributed by atoms with E-state index in [0.29, 0.717) is 0 Å². The van der Waals surface area contributed by atoms with Crippen LogP contribution in [0.15, 0.2) is 176 Å². The van der Waals surface area contributed by atoms with Gasteiger partial charge in [-0.2, -0.15) is 0 Å². The van der Waals surface area contributed by atoms with Crippen LogP contribution in [-0.2, 0) is 5.41 Å². The molecule has 50 heavy (non-hydrogen) atoms. The lowest BCUT2D eigenvalue weighted by atomic mass is 9.82. The van der Waals surface area contributed by atoms with Gasteiger partial charge in [0.15, 0.2) is 0 Å². The molecule has 0 atom stereocenters. The average molecular weight is 638 g/mol. The summed E-state index contributed by atoms with van der Waals surface area (Å²) in [7, 11) is 0. The van der Waals surface area contributed by atoms with Crippen LogP contribution in [0.4, 0.5) is 17.1 Å². The summed E-state index contributed by atoms with van der Waals surface area (Å²) in [6, 6.07) is 64.8. The predicted octanol–water partition coefficient (Wildman–Crippen LogP) is 13.6. The lowest BCUT2D eigenvalue weighted by molar-refractivity contribution is 0.660. The smallest absolute Gasteiger partial charge is 0.0467 e. The van der Waals surface area contributed by atoms with Crippen molar-refractivity contribution in [2.75, 3.05) is 4.90 Å². The third kappa shape index (κ3) is 4.27. The molecule has 0 saturated carbocycles. The van der Waals surface area contributed by atoms with Crippen molar-refractivity contribution in [1.82, 2.24) is 0 Å². The lowest BCUT2D eigenvalue weighted by Gasteiger charge is -2.28. The second-order valence-corrected chi connectivity index (χ2v) is 14.1. The summed E-state index contributed by atoms with van der Waals surface area (Å²) < 4.78 is 0. The standard InChI is InChI=1S/C49H35N/c1-49(2)46-21-9-8-18-41(46)42-27-26-37(31-47(42)49)50(35-24-22-33(23-25-35)32-12-4-3-5-13-32)36-15-10-14-34(30-36)38-28-29-45-40-17-7-6-16-39(40)44-20-11-19-43(38)48(44)45/h3-31H,1-2H3. The van der Waals surface area contributed by atoms with Crippen LogP contribution in [0.2, 0.25) is 0 Å². The molecule has 1 nitrogen and oxygen atoms in total. The van der Waals surface area contributed by atoms with Crippen molar-refractivity contribution >= 4 is 27.8 Å². The SMILES string of the molecule is CC1(C)c2ccccc2-c2ccc(N(c3ccc(-c4ccccc4)cc3)c3cccc(-c4ccc5c6c(cccc46)-c4ccccc4-5)c3)cc21. The third-order valence-corrected chi connectivity index (χ3v) is 11.0. The van der Waals surface area contributed by atoms with Gasteiger partial charge in [0.2, 0.25) is 0 Å². The molecule has 2 aliphatic carbocycles. The number of nitrogens with zero attached hydrogens (tertiary/aromatic N) is 1. The molecule has 0 aromatic heterocycles. The van der Waals surface area contributed by atoms with Gasteiger partial charge in [-0.25, -0.2) is 0 Å². The van der Waals surface area contributed by atoms with E-state index in [4.69, 9.17) is 0 Å². The van der Waals surface area contributed by atoms with E-state index in [0.717, 1.165) is 17.1 Å². The van der Waals surface area contributed by atoms with Crippen molar-refractivity contribution in [2.45, 2.75) is 19.3 Å². The summed E-state index contributed by atoms with van der Waals surface area (Å²) in [4.78, 5) is 2.42. The Balaban J connectivity index is 1.13. The van der Waals surface area contributed by atoms with Gasteiger partial charge < -0.3 is 4.90 Å². The molecule has 0 unspecified atom stereocenters. The maximum absolute atomic E-state index is 2.42. The van der Waals surface area contributed by atoms with Crippen LogP contribution in [0.25, 0.3) is 66.4 Å². The van der Waals surface area contributed by atoms with E-state index in [2.05, 4.69) is 195 Å². The molecule has 0 amide bonds. The highest BCUT2D eigenvalue weighted by Gasteiger charge is 2.35. The van der Waals surface area contributed by atoms with Gasteiger partial charge >= 0.3 is 0 Å².